The summed E-state index contributed by atoms with van der Waals surface area (Å²) in [5.41, 5.74) is 0.847. The molecule has 0 heterocycles. The van der Waals surface area contributed by atoms with Crippen LogP contribution in [0.15, 0.2) is 34.9 Å². The Bertz CT molecular complexity index is 241. The average Bonchev–Trinajstić information content (AvgIpc) is 2.12. The number of amides is 1. The van der Waals surface area contributed by atoms with Crippen LogP contribution in [0.3, 0.4) is 0 Å². The van der Waals surface area contributed by atoms with Crippen molar-refractivity contribution in [1.82, 2.24) is 5.32 Å². The van der Waals surface area contributed by atoms with Crippen LogP contribution in [0.5, 0.6) is 0 Å². The zero-order chi connectivity index (χ0) is 10.1. The van der Waals surface area contributed by atoms with Crippen molar-refractivity contribution in [2.24, 2.45) is 0 Å². The molecule has 72 valence electrons. The van der Waals surface area contributed by atoms with E-state index in [0.717, 1.165) is 10.6 Å². The predicted octanol–water partition coefficient (Wildman–Crippen LogP) is 2.46. The zero-order valence-electron chi connectivity index (χ0n) is 8.20. The Morgan fingerprint density at radius 1 is 1.46 bits per heavy atom. The van der Waals surface area contributed by atoms with Gasteiger partial charge in [0.1, 0.15) is 0 Å². The molecule has 13 heavy (non-hydrogen) atoms. The molecule has 0 aromatic rings. The molecule has 0 aliphatic heterocycles. The van der Waals surface area contributed by atoms with Gasteiger partial charge in [0, 0.05) is 10.6 Å². The van der Waals surface area contributed by atoms with Crippen molar-refractivity contribution >= 4 is 18.2 Å². The van der Waals surface area contributed by atoms with Crippen LogP contribution in [0.1, 0.15) is 13.8 Å². The summed E-state index contributed by atoms with van der Waals surface area (Å²) in [4.78, 5) is 11.2. The molecule has 0 saturated carbocycles. The third kappa shape index (κ3) is 6.22. The first-order chi connectivity index (χ1) is 6.24. The predicted molar refractivity (Wildman–Crippen MR) is 59.4 cm³/mol. The van der Waals surface area contributed by atoms with Gasteiger partial charge >= 0.3 is 0 Å². The standard InChI is InChI=1S/C10H15NOS/c1-4-5-6-10(13-3)7-9(2)11-8-12/h4-8H,1-3H3,(H,11,12). The summed E-state index contributed by atoms with van der Waals surface area (Å²) >= 11 is 1.64. The van der Waals surface area contributed by atoms with Gasteiger partial charge in [-0.3, -0.25) is 4.79 Å². The van der Waals surface area contributed by atoms with Gasteiger partial charge in [0.2, 0.25) is 6.41 Å². The molecule has 0 atom stereocenters. The minimum atomic E-state index is 0.680. The maximum atomic E-state index is 10.1. The molecule has 3 heteroatoms. The number of allylic oxidation sites excluding steroid dienone is 5. The second-order valence-electron chi connectivity index (χ2n) is 2.39. The summed E-state index contributed by atoms with van der Waals surface area (Å²) in [6.45, 7) is 3.82. The van der Waals surface area contributed by atoms with Crippen molar-refractivity contribution in [3.63, 3.8) is 0 Å². The van der Waals surface area contributed by atoms with Crippen LogP contribution in [-0.4, -0.2) is 12.7 Å². The Balaban J connectivity index is 4.41. The van der Waals surface area contributed by atoms with Crippen LogP contribution in [0.2, 0.25) is 0 Å². The van der Waals surface area contributed by atoms with Crippen molar-refractivity contribution < 1.29 is 4.79 Å². The highest BCUT2D eigenvalue weighted by molar-refractivity contribution is 8.02. The largest absolute Gasteiger partial charge is 0.333 e. The zero-order valence-corrected chi connectivity index (χ0v) is 9.02. The van der Waals surface area contributed by atoms with Crippen LogP contribution < -0.4 is 5.32 Å². The number of thioether (sulfide) groups is 1. The molecular formula is C10H15NOS. The third-order valence-electron chi connectivity index (χ3n) is 1.33. The smallest absolute Gasteiger partial charge is 0.211 e. The van der Waals surface area contributed by atoms with Crippen molar-refractivity contribution in [2.75, 3.05) is 6.26 Å². The Hall–Kier alpha value is -0.960. The van der Waals surface area contributed by atoms with Crippen LogP contribution in [0.25, 0.3) is 0 Å². The Morgan fingerprint density at radius 2 is 2.15 bits per heavy atom. The lowest BCUT2D eigenvalue weighted by atomic mass is 10.3. The van der Waals surface area contributed by atoms with E-state index in [9.17, 15) is 4.79 Å². The maximum absolute atomic E-state index is 10.1. The van der Waals surface area contributed by atoms with E-state index in [4.69, 9.17) is 0 Å². The molecule has 0 saturated heterocycles. The fourth-order valence-corrected chi connectivity index (χ4v) is 1.22. The quantitative estimate of drug-likeness (QED) is 0.542. The highest BCUT2D eigenvalue weighted by atomic mass is 32.2. The number of carbonyl (C=O) groups is 1. The third-order valence-corrected chi connectivity index (χ3v) is 2.06. The number of nitrogens with one attached hydrogen (secondary N) is 1. The lowest BCUT2D eigenvalue weighted by Crippen LogP contribution is -2.06. The second kappa shape index (κ2) is 7.68. The summed E-state index contributed by atoms with van der Waals surface area (Å²) in [7, 11) is 0. The fraction of sp³-hybridized carbons (Fsp3) is 0.300. The van der Waals surface area contributed by atoms with Gasteiger partial charge in [0.25, 0.3) is 0 Å². The fourth-order valence-electron chi connectivity index (χ4n) is 0.714. The minimum Gasteiger partial charge on any atom is -0.333 e. The summed E-state index contributed by atoms with van der Waals surface area (Å²) in [5, 5.41) is 2.59. The SMILES string of the molecule is CC=CC=C(C=C(C)NC=O)SC. The molecule has 0 aromatic heterocycles. The summed E-state index contributed by atoms with van der Waals surface area (Å²) in [6, 6.07) is 0. The van der Waals surface area contributed by atoms with Gasteiger partial charge in [-0.05, 0) is 32.3 Å². The second-order valence-corrected chi connectivity index (χ2v) is 3.27. The first-order valence-electron chi connectivity index (χ1n) is 4.00. The molecule has 0 rings (SSSR count). The molecule has 0 fully saturated rings. The van der Waals surface area contributed by atoms with Crippen LogP contribution in [0, 0.1) is 0 Å². The van der Waals surface area contributed by atoms with Gasteiger partial charge in [-0.2, -0.15) is 0 Å². The van der Waals surface area contributed by atoms with Gasteiger partial charge < -0.3 is 5.32 Å². The van der Waals surface area contributed by atoms with Crippen molar-refractivity contribution in [3.8, 4) is 0 Å². The van der Waals surface area contributed by atoms with Crippen molar-refractivity contribution in [1.29, 1.82) is 0 Å². The highest BCUT2D eigenvalue weighted by Crippen LogP contribution is 2.14. The first-order valence-corrected chi connectivity index (χ1v) is 5.22. The number of carbonyl (C=O) groups excluding carboxylic acids is 1. The van der Waals surface area contributed by atoms with Gasteiger partial charge in [-0.25, -0.2) is 0 Å². The van der Waals surface area contributed by atoms with E-state index in [2.05, 4.69) is 5.32 Å². The lowest BCUT2D eigenvalue weighted by Gasteiger charge is -1.99. The molecule has 1 amide bonds. The van der Waals surface area contributed by atoms with E-state index in [-0.39, 0.29) is 0 Å². The topological polar surface area (TPSA) is 29.1 Å². The molecule has 0 radical (unpaired) electrons. The highest BCUT2D eigenvalue weighted by Gasteiger charge is 1.90. The monoisotopic (exact) mass is 197 g/mol. The first kappa shape index (κ1) is 12.0. The Morgan fingerprint density at radius 3 is 2.62 bits per heavy atom. The average molecular weight is 197 g/mol. The van der Waals surface area contributed by atoms with E-state index in [1.807, 2.05) is 44.4 Å². The molecule has 0 spiro atoms. The molecule has 0 aromatic carbocycles. The Kier molecular flexibility index (Phi) is 7.11. The van der Waals surface area contributed by atoms with Gasteiger partial charge in [-0.15, -0.1) is 11.8 Å². The van der Waals surface area contributed by atoms with Crippen molar-refractivity contribution in [3.05, 3.63) is 34.9 Å². The summed E-state index contributed by atoms with van der Waals surface area (Å²) < 4.78 is 0. The van der Waals surface area contributed by atoms with Crippen LogP contribution in [-0.2, 0) is 4.79 Å². The van der Waals surface area contributed by atoms with Crippen LogP contribution >= 0.6 is 11.8 Å². The van der Waals surface area contributed by atoms with Crippen LogP contribution in [0.4, 0.5) is 0 Å². The van der Waals surface area contributed by atoms with E-state index >= 15 is 0 Å². The molecule has 0 bridgehead atoms. The van der Waals surface area contributed by atoms with Gasteiger partial charge in [0.05, 0.1) is 0 Å². The maximum Gasteiger partial charge on any atom is 0.211 e. The minimum absolute atomic E-state index is 0.680. The molecule has 1 N–H and O–H groups in total. The summed E-state index contributed by atoms with van der Waals surface area (Å²) in [5.74, 6) is 0. The van der Waals surface area contributed by atoms with E-state index < -0.39 is 0 Å². The lowest BCUT2D eigenvalue weighted by molar-refractivity contribution is -0.108. The Labute approximate surface area is 83.8 Å². The summed E-state index contributed by atoms with van der Waals surface area (Å²) in [6.07, 6.45) is 10.5. The van der Waals surface area contributed by atoms with E-state index in [1.54, 1.807) is 11.8 Å². The van der Waals surface area contributed by atoms with Gasteiger partial charge in [-0.1, -0.05) is 12.2 Å². The number of rotatable bonds is 5. The van der Waals surface area contributed by atoms with Gasteiger partial charge in [0.15, 0.2) is 0 Å². The number of hydrogen-bond donors (Lipinski definition) is 1. The number of hydrogen-bond acceptors (Lipinski definition) is 2. The van der Waals surface area contributed by atoms with E-state index in [1.165, 1.54) is 0 Å². The van der Waals surface area contributed by atoms with E-state index in [0.29, 0.717) is 6.41 Å². The van der Waals surface area contributed by atoms with Crippen molar-refractivity contribution in [2.45, 2.75) is 13.8 Å². The normalized spacial score (nSPS) is 13.5. The molecular weight excluding hydrogens is 182 g/mol. The molecule has 0 aliphatic carbocycles. The molecule has 0 aliphatic rings. The molecule has 0 unspecified atom stereocenters. The molecule has 2 nitrogen and oxygen atoms in total.